The zero-order chi connectivity index (χ0) is 14.9. The van der Waals surface area contributed by atoms with Gasteiger partial charge in [-0.25, -0.2) is 0 Å². The summed E-state index contributed by atoms with van der Waals surface area (Å²) in [6, 6.07) is 0. The fraction of sp³-hybridized carbons (Fsp3) is 0.733. The van der Waals surface area contributed by atoms with E-state index in [9.17, 15) is 4.79 Å². The SMILES string of the molecule is Cc1n[nH]c(C)c1CCC(=O)N1CCC2(CC1)OCCO2. The summed E-state index contributed by atoms with van der Waals surface area (Å²) in [5, 5.41) is 7.14. The van der Waals surface area contributed by atoms with Gasteiger partial charge in [0.05, 0.1) is 18.9 Å². The number of hydrogen-bond acceptors (Lipinski definition) is 4. The Balaban J connectivity index is 1.50. The van der Waals surface area contributed by atoms with Crippen LogP contribution in [0.4, 0.5) is 0 Å². The highest BCUT2D eigenvalue weighted by atomic mass is 16.7. The largest absolute Gasteiger partial charge is 0.347 e. The highest BCUT2D eigenvalue weighted by Crippen LogP contribution is 2.31. The van der Waals surface area contributed by atoms with Gasteiger partial charge in [0.1, 0.15) is 0 Å². The zero-order valence-corrected chi connectivity index (χ0v) is 12.8. The van der Waals surface area contributed by atoms with Crippen molar-refractivity contribution in [2.24, 2.45) is 0 Å². The van der Waals surface area contributed by atoms with Gasteiger partial charge < -0.3 is 14.4 Å². The van der Waals surface area contributed by atoms with Gasteiger partial charge in [-0.15, -0.1) is 0 Å². The summed E-state index contributed by atoms with van der Waals surface area (Å²) in [5.74, 6) is -0.197. The Morgan fingerprint density at radius 3 is 2.52 bits per heavy atom. The standard InChI is InChI=1S/C15H23N3O3/c1-11-13(12(2)17-16-11)3-4-14(19)18-7-5-15(6-8-18)20-9-10-21-15/h3-10H2,1-2H3,(H,16,17). The lowest BCUT2D eigenvalue weighted by molar-refractivity contribution is -0.187. The topological polar surface area (TPSA) is 67.5 Å². The number of nitrogens with zero attached hydrogens (tertiary/aromatic N) is 2. The van der Waals surface area contributed by atoms with Crippen LogP contribution in [0.25, 0.3) is 0 Å². The molecule has 2 aliphatic heterocycles. The molecule has 2 fully saturated rings. The van der Waals surface area contributed by atoms with E-state index in [1.54, 1.807) is 0 Å². The summed E-state index contributed by atoms with van der Waals surface area (Å²) in [4.78, 5) is 14.3. The molecule has 1 spiro atoms. The Hall–Kier alpha value is -1.40. The number of aromatic nitrogens is 2. The number of piperidine rings is 1. The maximum Gasteiger partial charge on any atom is 0.222 e. The first-order valence-corrected chi connectivity index (χ1v) is 7.66. The predicted molar refractivity (Wildman–Crippen MR) is 76.8 cm³/mol. The molecule has 1 aromatic rings. The van der Waals surface area contributed by atoms with Gasteiger partial charge in [0, 0.05) is 38.0 Å². The summed E-state index contributed by atoms with van der Waals surface area (Å²) in [5.41, 5.74) is 3.22. The summed E-state index contributed by atoms with van der Waals surface area (Å²) >= 11 is 0. The number of aryl methyl sites for hydroxylation is 2. The fourth-order valence-electron chi connectivity index (χ4n) is 3.21. The highest BCUT2D eigenvalue weighted by Gasteiger charge is 2.40. The molecule has 1 amide bonds. The first-order chi connectivity index (χ1) is 10.1. The quantitative estimate of drug-likeness (QED) is 0.913. The molecular formula is C15H23N3O3. The summed E-state index contributed by atoms with van der Waals surface area (Å²) in [6.07, 6.45) is 2.85. The average Bonchev–Trinajstić information content (AvgIpc) is 3.06. The molecule has 0 bridgehead atoms. The number of hydrogen-bond donors (Lipinski definition) is 1. The second kappa shape index (κ2) is 5.77. The lowest BCUT2D eigenvalue weighted by atomic mass is 10.0. The van der Waals surface area contributed by atoms with Crippen LogP contribution < -0.4 is 0 Å². The second-order valence-electron chi connectivity index (χ2n) is 5.90. The van der Waals surface area contributed by atoms with Crippen LogP contribution in [-0.4, -0.2) is 53.1 Å². The van der Waals surface area contributed by atoms with Gasteiger partial charge in [0.15, 0.2) is 5.79 Å². The van der Waals surface area contributed by atoms with Crippen LogP contribution in [0.3, 0.4) is 0 Å². The molecule has 0 saturated carbocycles. The monoisotopic (exact) mass is 293 g/mol. The zero-order valence-electron chi connectivity index (χ0n) is 12.8. The van der Waals surface area contributed by atoms with Crippen molar-refractivity contribution in [1.82, 2.24) is 15.1 Å². The number of amides is 1. The van der Waals surface area contributed by atoms with Crippen molar-refractivity contribution in [3.63, 3.8) is 0 Å². The molecule has 2 aliphatic rings. The molecule has 0 atom stereocenters. The number of rotatable bonds is 3. The molecule has 0 aliphatic carbocycles. The molecule has 0 unspecified atom stereocenters. The van der Waals surface area contributed by atoms with Crippen molar-refractivity contribution in [3.05, 3.63) is 17.0 Å². The van der Waals surface area contributed by atoms with E-state index in [2.05, 4.69) is 10.2 Å². The van der Waals surface area contributed by atoms with E-state index in [1.807, 2.05) is 18.7 Å². The Labute approximate surface area is 124 Å². The van der Waals surface area contributed by atoms with Crippen LogP contribution in [0.1, 0.15) is 36.2 Å². The summed E-state index contributed by atoms with van der Waals surface area (Å²) < 4.78 is 11.4. The molecular weight excluding hydrogens is 270 g/mol. The molecule has 0 aromatic carbocycles. The van der Waals surface area contributed by atoms with Gasteiger partial charge in [-0.2, -0.15) is 5.10 Å². The Morgan fingerprint density at radius 2 is 1.95 bits per heavy atom. The first kappa shape index (κ1) is 14.5. The number of likely N-dealkylation sites (tertiary alicyclic amines) is 1. The second-order valence-corrected chi connectivity index (χ2v) is 5.90. The van der Waals surface area contributed by atoms with Gasteiger partial charge in [0.2, 0.25) is 5.91 Å². The van der Waals surface area contributed by atoms with Crippen LogP contribution in [0.15, 0.2) is 0 Å². The maximum atomic E-state index is 12.3. The lowest BCUT2D eigenvalue weighted by Gasteiger charge is -2.37. The molecule has 1 N–H and O–H groups in total. The molecule has 2 saturated heterocycles. The van der Waals surface area contributed by atoms with Crippen molar-refractivity contribution in [2.75, 3.05) is 26.3 Å². The third-order valence-electron chi connectivity index (χ3n) is 4.56. The van der Waals surface area contributed by atoms with E-state index < -0.39 is 5.79 Å². The van der Waals surface area contributed by atoms with E-state index in [1.165, 1.54) is 5.56 Å². The lowest BCUT2D eigenvalue weighted by Crippen LogP contribution is -2.47. The van der Waals surface area contributed by atoms with Gasteiger partial charge in [0.25, 0.3) is 0 Å². The van der Waals surface area contributed by atoms with E-state index in [0.717, 1.165) is 43.7 Å². The normalized spacial score (nSPS) is 21.1. The van der Waals surface area contributed by atoms with Crippen molar-refractivity contribution < 1.29 is 14.3 Å². The number of nitrogens with one attached hydrogen (secondary N) is 1. The van der Waals surface area contributed by atoms with Crippen molar-refractivity contribution >= 4 is 5.91 Å². The third kappa shape index (κ3) is 2.96. The summed E-state index contributed by atoms with van der Waals surface area (Å²) in [6.45, 7) is 6.77. The number of ether oxygens (including phenoxy) is 2. The minimum atomic E-state index is -0.408. The van der Waals surface area contributed by atoms with Crippen LogP contribution in [0, 0.1) is 13.8 Å². The highest BCUT2D eigenvalue weighted by molar-refractivity contribution is 5.76. The smallest absolute Gasteiger partial charge is 0.222 e. The van der Waals surface area contributed by atoms with Crippen LogP contribution in [-0.2, 0) is 20.7 Å². The predicted octanol–water partition coefficient (Wildman–Crippen LogP) is 1.32. The third-order valence-corrected chi connectivity index (χ3v) is 4.56. The van der Waals surface area contributed by atoms with E-state index >= 15 is 0 Å². The average molecular weight is 293 g/mol. The first-order valence-electron chi connectivity index (χ1n) is 7.66. The maximum absolute atomic E-state index is 12.3. The molecule has 116 valence electrons. The molecule has 6 heteroatoms. The van der Waals surface area contributed by atoms with Crippen molar-refractivity contribution in [2.45, 2.75) is 45.3 Å². The Kier molecular flexibility index (Phi) is 3.99. The minimum Gasteiger partial charge on any atom is -0.347 e. The molecule has 1 aromatic heterocycles. The molecule has 0 radical (unpaired) electrons. The number of aromatic amines is 1. The molecule has 3 heterocycles. The number of carbonyl (C=O) groups excluding carboxylic acids is 1. The Morgan fingerprint density at radius 1 is 1.29 bits per heavy atom. The molecule has 3 rings (SSSR count). The fourth-order valence-corrected chi connectivity index (χ4v) is 3.21. The van der Waals surface area contributed by atoms with Crippen LogP contribution in [0.2, 0.25) is 0 Å². The molecule has 6 nitrogen and oxygen atoms in total. The van der Waals surface area contributed by atoms with Crippen molar-refractivity contribution in [1.29, 1.82) is 0 Å². The van der Waals surface area contributed by atoms with E-state index in [-0.39, 0.29) is 5.91 Å². The minimum absolute atomic E-state index is 0.211. The van der Waals surface area contributed by atoms with Crippen LogP contribution in [0.5, 0.6) is 0 Å². The number of H-pyrrole nitrogens is 1. The van der Waals surface area contributed by atoms with Crippen LogP contribution >= 0.6 is 0 Å². The van der Waals surface area contributed by atoms with E-state index in [0.29, 0.717) is 19.6 Å². The van der Waals surface area contributed by atoms with E-state index in [4.69, 9.17) is 9.47 Å². The van der Waals surface area contributed by atoms with Gasteiger partial charge in [-0.05, 0) is 25.8 Å². The van der Waals surface area contributed by atoms with Gasteiger partial charge in [-0.3, -0.25) is 9.89 Å². The van der Waals surface area contributed by atoms with Gasteiger partial charge >= 0.3 is 0 Å². The summed E-state index contributed by atoms with van der Waals surface area (Å²) in [7, 11) is 0. The molecule has 21 heavy (non-hydrogen) atoms. The van der Waals surface area contributed by atoms with Gasteiger partial charge in [-0.1, -0.05) is 0 Å². The Bertz CT molecular complexity index is 491. The van der Waals surface area contributed by atoms with Crippen molar-refractivity contribution in [3.8, 4) is 0 Å². The number of carbonyl (C=O) groups is 1.